The van der Waals surface area contributed by atoms with Gasteiger partial charge in [0.05, 0.1) is 10.6 Å². The summed E-state index contributed by atoms with van der Waals surface area (Å²) in [4.78, 5) is 13.1. The van der Waals surface area contributed by atoms with Crippen molar-refractivity contribution in [1.82, 2.24) is 0 Å². The summed E-state index contributed by atoms with van der Waals surface area (Å²) in [5.74, 6) is -0.981. The summed E-state index contributed by atoms with van der Waals surface area (Å²) >= 11 is 5.94. The lowest BCUT2D eigenvalue weighted by Crippen LogP contribution is -2.26. The average Bonchev–Trinajstić information content (AvgIpc) is 2.63. The first-order chi connectivity index (χ1) is 7.59. The number of anilines is 1. The highest BCUT2D eigenvalue weighted by molar-refractivity contribution is 6.33. The third kappa shape index (κ3) is 2.00. The molecule has 0 aliphatic carbocycles. The van der Waals surface area contributed by atoms with Crippen LogP contribution in [0.15, 0.2) is 18.2 Å². The first-order valence-electron chi connectivity index (χ1n) is 5.39. The van der Waals surface area contributed by atoms with Crippen molar-refractivity contribution < 1.29 is 9.90 Å². The highest BCUT2D eigenvalue weighted by Gasteiger charge is 2.21. The summed E-state index contributed by atoms with van der Waals surface area (Å²) in [6.07, 6.45) is 2.36. The Morgan fingerprint density at radius 1 is 1.56 bits per heavy atom. The van der Waals surface area contributed by atoms with E-state index in [2.05, 4.69) is 11.8 Å². The van der Waals surface area contributed by atoms with Crippen molar-refractivity contribution in [3.63, 3.8) is 0 Å². The van der Waals surface area contributed by atoms with Crippen molar-refractivity contribution in [3.8, 4) is 0 Å². The summed E-state index contributed by atoms with van der Waals surface area (Å²) in [7, 11) is 0. The number of aromatic carboxylic acids is 1. The molecule has 1 atom stereocenters. The standard InChI is InChI=1S/C12H14ClNO2/c1-8-3-2-6-14(8)9-4-5-10(12(15)16)11(13)7-9/h4-5,7-8H,2-3,6H2,1H3,(H,15,16). The van der Waals surface area contributed by atoms with E-state index >= 15 is 0 Å². The van der Waals surface area contributed by atoms with Crippen LogP contribution in [-0.4, -0.2) is 23.7 Å². The van der Waals surface area contributed by atoms with Crippen molar-refractivity contribution in [2.45, 2.75) is 25.8 Å². The Labute approximate surface area is 99.6 Å². The number of carbonyl (C=O) groups is 1. The SMILES string of the molecule is CC1CCCN1c1ccc(C(=O)O)c(Cl)c1. The minimum absolute atomic E-state index is 0.164. The second-order valence-corrected chi connectivity index (χ2v) is 4.56. The molecule has 1 aliphatic rings. The highest BCUT2D eigenvalue weighted by Crippen LogP contribution is 2.29. The Bertz CT molecular complexity index is 419. The zero-order valence-electron chi connectivity index (χ0n) is 9.11. The van der Waals surface area contributed by atoms with Gasteiger partial charge in [0.1, 0.15) is 0 Å². The third-order valence-corrected chi connectivity index (χ3v) is 3.38. The number of carboxylic acid groups (broad SMARTS) is 1. The van der Waals surface area contributed by atoms with E-state index in [0.717, 1.165) is 12.2 Å². The second kappa shape index (κ2) is 4.34. The van der Waals surface area contributed by atoms with Crippen molar-refractivity contribution in [3.05, 3.63) is 28.8 Å². The quantitative estimate of drug-likeness (QED) is 0.863. The molecule has 1 aliphatic heterocycles. The molecule has 1 heterocycles. The first-order valence-corrected chi connectivity index (χ1v) is 5.77. The van der Waals surface area contributed by atoms with E-state index in [4.69, 9.17) is 16.7 Å². The van der Waals surface area contributed by atoms with Gasteiger partial charge in [-0.2, -0.15) is 0 Å². The molecule has 2 rings (SSSR count). The van der Waals surface area contributed by atoms with Gasteiger partial charge in [0.15, 0.2) is 0 Å². The van der Waals surface area contributed by atoms with Gasteiger partial charge < -0.3 is 10.0 Å². The molecular weight excluding hydrogens is 226 g/mol. The molecule has 3 nitrogen and oxygen atoms in total. The molecule has 86 valence electrons. The van der Waals surface area contributed by atoms with Gasteiger partial charge in [0, 0.05) is 18.3 Å². The molecule has 1 N–H and O–H groups in total. The lowest BCUT2D eigenvalue weighted by atomic mass is 10.2. The number of hydrogen-bond donors (Lipinski definition) is 1. The van der Waals surface area contributed by atoms with Crippen molar-refractivity contribution in [2.24, 2.45) is 0 Å². The largest absolute Gasteiger partial charge is 0.478 e. The highest BCUT2D eigenvalue weighted by atomic mass is 35.5. The maximum atomic E-state index is 10.8. The molecular formula is C12H14ClNO2. The maximum Gasteiger partial charge on any atom is 0.337 e. The first kappa shape index (κ1) is 11.3. The Balaban J connectivity index is 2.30. The predicted molar refractivity (Wildman–Crippen MR) is 64.5 cm³/mol. The van der Waals surface area contributed by atoms with E-state index in [0.29, 0.717) is 11.1 Å². The fourth-order valence-corrected chi connectivity index (χ4v) is 2.43. The number of nitrogens with zero attached hydrogens (tertiary/aromatic N) is 1. The molecule has 0 spiro atoms. The van der Waals surface area contributed by atoms with Gasteiger partial charge in [-0.25, -0.2) is 4.79 Å². The minimum atomic E-state index is -0.981. The molecule has 16 heavy (non-hydrogen) atoms. The van der Waals surface area contributed by atoms with Crippen LogP contribution in [0.5, 0.6) is 0 Å². The van der Waals surface area contributed by atoms with Crippen molar-refractivity contribution >= 4 is 23.3 Å². The molecule has 1 fully saturated rings. The number of hydrogen-bond acceptors (Lipinski definition) is 2. The molecule has 0 radical (unpaired) electrons. The van der Waals surface area contributed by atoms with Gasteiger partial charge in [0.2, 0.25) is 0 Å². The molecule has 4 heteroatoms. The van der Waals surface area contributed by atoms with Crippen molar-refractivity contribution in [2.75, 3.05) is 11.4 Å². The van der Waals surface area contributed by atoms with Crippen LogP contribution < -0.4 is 4.90 Å². The summed E-state index contributed by atoms with van der Waals surface area (Å²) in [6.45, 7) is 3.19. The van der Waals surface area contributed by atoms with E-state index in [1.165, 1.54) is 12.8 Å². The average molecular weight is 240 g/mol. The molecule has 1 saturated heterocycles. The Morgan fingerprint density at radius 2 is 2.31 bits per heavy atom. The zero-order valence-corrected chi connectivity index (χ0v) is 9.87. The number of benzene rings is 1. The Morgan fingerprint density at radius 3 is 2.81 bits per heavy atom. The predicted octanol–water partition coefficient (Wildman–Crippen LogP) is 3.03. The fourth-order valence-electron chi connectivity index (χ4n) is 2.17. The van der Waals surface area contributed by atoms with Crippen LogP contribution in [0.4, 0.5) is 5.69 Å². The monoisotopic (exact) mass is 239 g/mol. The topological polar surface area (TPSA) is 40.5 Å². The minimum Gasteiger partial charge on any atom is -0.478 e. The Hall–Kier alpha value is -1.22. The summed E-state index contributed by atoms with van der Waals surface area (Å²) in [6, 6.07) is 5.65. The van der Waals surface area contributed by atoms with Crippen LogP contribution in [0.25, 0.3) is 0 Å². The van der Waals surface area contributed by atoms with E-state index < -0.39 is 5.97 Å². The number of rotatable bonds is 2. The molecule has 0 saturated carbocycles. The Kier molecular flexibility index (Phi) is 3.06. The van der Waals surface area contributed by atoms with Gasteiger partial charge in [-0.1, -0.05) is 11.6 Å². The zero-order chi connectivity index (χ0) is 11.7. The van der Waals surface area contributed by atoms with Crippen LogP contribution in [0.1, 0.15) is 30.1 Å². The molecule has 1 unspecified atom stereocenters. The third-order valence-electron chi connectivity index (χ3n) is 3.07. The maximum absolute atomic E-state index is 10.8. The van der Waals surface area contributed by atoms with E-state index in [9.17, 15) is 4.79 Å². The van der Waals surface area contributed by atoms with E-state index in [1.807, 2.05) is 6.07 Å². The van der Waals surface area contributed by atoms with Crippen LogP contribution in [0.2, 0.25) is 5.02 Å². The van der Waals surface area contributed by atoms with Crippen LogP contribution in [0, 0.1) is 0 Å². The lowest BCUT2D eigenvalue weighted by Gasteiger charge is -2.24. The second-order valence-electron chi connectivity index (χ2n) is 4.15. The summed E-state index contributed by atoms with van der Waals surface area (Å²) < 4.78 is 0. The van der Waals surface area contributed by atoms with Gasteiger partial charge in [-0.3, -0.25) is 0 Å². The normalized spacial score (nSPS) is 20.1. The van der Waals surface area contributed by atoms with Gasteiger partial charge in [0.25, 0.3) is 0 Å². The molecule has 1 aromatic carbocycles. The summed E-state index contributed by atoms with van der Waals surface area (Å²) in [5, 5.41) is 9.19. The summed E-state index contributed by atoms with van der Waals surface area (Å²) in [5.41, 5.74) is 1.18. The van der Waals surface area contributed by atoms with Gasteiger partial charge in [-0.05, 0) is 38.0 Å². The number of carboxylic acids is 1. The van der Waals surface area contributed by atoms with Gasteiger partial charge >= 0.3 is 5.97 Å². The molecule has 0 bridgehead atoms. The van der Waals surface area contributed by atoms with E-state index in [1.54, 1.807) is 12.1 Å². The number of halogens is 1. The lowest BCUT2D eigenvalue weighted by molar-refractivity contribution is 0.0697. The molecule has 1 aromatic rings. The van der Waals surface area contributed by atoms with Crippen LogP contribution >= 0.6 is 11.6 Å². The van der Waals surface area contributed by atoms with Crippen LogP contribution in [0.3, 0.4) is 0 Å². The molecule has 0 aromatic heterocycles. The molecule has 0 amide bonds. The van der Waals surface area contributed by atoms with Crippen LogP contribution in [-0.2, 0) is 0 Å². The van der Waals surface area contributed by atoms with E-state index in [-0.39, 0.29) is 5.56 Å². The van der Waals surface area contributed by atoms with Gasteiger partial charge in [-0.15, -0.1) is 0 Å². The fraction of sp³-hybridized carbons (Fsp3) is 0.417. The van der Waals surface area contributed by atoms with Crippen molar-refractivity contribution in [1.29, 1.82) is 0 Å². The smallest absolute Gasteiger partial charge is 0.337 e.